The van der Waals surface area contributed by atoms with Crippen LogP contribution in [0.2, 0.25) is 0 Å². The van der Waals surface area contributed by atoms with Gasteiger partial charge in [0.05, 0.1) is 0 Å². The lowest BCUT2D eigenvalue weighted by molar-refractivity contribution is 0.0936. The number of fused-ring (bicyclic) bond motifs is 1. The molecule has 29 heavy (non-hydrogen) atoms. The molecular formula is C22H27N5O2. The van der Waals surface area contributed by atoms with Crippen LogP contribution >= 0.6 is 0 Å². The highest BCUT2D eigenvalue weighted by atomic mass is 16.2. The normalized spacial score (nSPS) is 14.7. The summed E-state index contributed by atoms with van der Waals surface area (Å²) < 4.78 is 1.63. The Kier molecular flexibility index (Phi) is 7.09. The Morgan fingerprint density at radius 1 is 1.21 bits per heavy atom. The van der Waals surface area contributed by atoms with Gasteiger partial charge in [0.15, 0.2) is 0 Å². The van der Waals surface area contributed by atoms with Crippen molar-refractivity contribution in [3.05, 3.63) is 79.6 Å². The molecule has 0 spiro atoms. The fourth-order valence-electron chi connectivity index (χ4n) is 3.96. The SMILES string of the molecule is Cn1c2c(cc(C(=O)N[C@@H](CN=[N+]=[N-])Cc3ccccc3)c1=O)CCCCCC2. The quantitative estimate of drug-likeness (QED) is 0.460. The molecule has 152 valence electrons. The number of rotatable bonds is 6. The Bertz CT molecular complexity index is 961. The van der Waals surface area contributed by atoms with Crippen molar-refractivity contribution in [2.45, 2.75) is 51.0 Å². The molecule has 7 heteroatoms. The maximum atomic E-state index is 13.0. The lowest BCUT2D eigenvalue weighted by Crippen LogP contribution is -2.42. The van der Waals surface area contributed by atoms with E-state index in [9.17, 15) is 9.59 Å². The van der Waals surface area contributed by atoms with Gasteiger partial charge in [-0.3, -0.25) is 9.59 Å². The van der Waals surface area contributed by atoms with Gasteiger partial charge >= 0.3 is 0 Å². The molecule has 7 nitrogen and oxygen atoms in total. The van der Waals surface area contributed by atoms with E-state index in [2.05, 4.69) is 15.3 Å². The Hall–Kier alpha value is -3.05. The molecule has 1 atom stereocenters. The molecule has 0 fully saturated rings. The zero-order chi connectivity index (χ0) is 20.6. The number of benzene rings is 1. The van der Waals surface area contributed by atoms with E-state index in [0.29, 0.717) is 6.42 Å². The summed E-state index contributed by atoms with van der Waals surface area (Å²) in [6.45, 7) is 0.127. The first-order valence-corrected chi connectivity index (χ1v) is 10.2. The number of hydrogen-bond donors (Lipinski definition) is 1. The largest absolute Gasteiger partial charge is 0.349 e. The standard InChI is InChI=1S/C22H27N5O2/c1-27-20-12-8-3-2-7-11-17(20)14-19(22(27)29)21(28)25-18(15-24-26-23)13-16-9-5-4-6-10-16/h4-6,9-10,14,18H,2-3,7-8,11-13,15H2,1H3,(H,25,28)/t18-/m1/s1. The highest BCUT2D eigenvalue weighted by Crippen LogP contribution is 2.19. The van der Waals surface area contributed by atoms with Gasteiger partial charge in [0.2, 0.25) is 0 Å². The number of nitrogens with zero attached hydrogens (tertiary/aromatic N) is 4. The lowest BCUT2D eigenvalue weighted by Gasteiger charge is -2.20. The van der Waals surface area contributed by atoms with Crippen LogP contribution in [0.1, 0.15) is 52.9 Å². The molecule has 1 aliphatic rings. The van der Waals surface area contributed by atoms with Gasteiger partial charge in [-0.25, -0.2) is 0 Å². The van der Waals surface area contributed by atoms with Crippen molar-refractivity contribution in [1.82, 2.24) is 9.88 Å². The first-order chi connectivity index (χ1) is 14.1. The summed E-state index contributed by atoms with van der Waals surface area (Å²) in [6, 6.07) is 11.1. The van der Waals surface area contributed by atoms with Crippen molar-refractivity contribution in [2.75, 3.05) is 6.54 Å². The summed E-state index contributed by atoms with van der Waals surface area (Å²) in [4.78, 5) is 28.6. The monoisotopic (exact) mass is 393 g/mol. The maximum Gasteiger partial charge on any atom is 0.263 e. The van der Waals surface area contributed by atoms with Crippen LogP contribution < -0.4 is 10.9 Å². The third kappa shape index (κ3) is 5.27. The van der Waals surface area contributed by atoms with Crippen LogP contribution in [0.4, 0.5) is 0 Å². The minimum absolute atomic E-state index is 0.127. The van der Waals surface area contributed by atoms with Gasteiger partial charge in [-0.1, -0.05) is 48.3 Å². The highest BCUT2D eigenvalue weighted by molar-refractivity contribution is 5.94. The van der Waals surface area contributed by atoms with E-state index < -0.39 is 5.91 Å². The topological polar surface area (TPSA) is 99.9 Å². The zero-order valence-corrected chi connectivity index (χ0v) is 16.8. The lowest BCUT2D eigenvalue weighted by atomic mass is 9.95. The zero-order valence-electron chi connectivity index (χ0n) is 16.8. The van der Waals surface area contributed by atoms with E-state index in [-0.39, 0.29) is 23.7 Å². The molecule has 0 bridgehead atoms. The van der Waals surface area contributed by atoms with Gasteiger partial charge in [-0.05, 0) is 54.8 Å². The second kappa shape index (κ2) is 9.94. The summed E-state index contributed by atoms with van der Waals surface area (Å²) in [6.07, 6.45) is 6.77. The third-order valence-electron chi connectivity index (χ3n) is 5.51. The second-order valence-corrected chi connectivity index (χ2v) is 7.58. The number of hydrogen-bond acceptors (Lipinski definition) is 3. The van der Waals surface area contributed by atoms with Crippen molar-refractivity contribution in [3.63, 3.8) is 0 Å². The average molecular weight is 393 g/mol. The molecule has 3 rings (SSSR count). The first kappa shape index (κ1) is 20.7. The minimum Gasteiger partial charge on any atom is -0.349 e. The van der Waals surface area contributed by atoms with Gasteiger partial charge in [-0.2, -0.15) is 0 Å². The van der Waals surface area contributed by atoms with Gasteiger partial charge in [0.1, 0.15) is 5.56 Å². The molecule has 1 N–H and O–H groups in total. The minimum atomic E-state index is -0.412. The number of amides is 1. The van der Waals surface area contributed by atoms with Crippen LogP contribution in [-0.4, -0.2) is 23.1 Å². The molecule has 0 radical (unpaired) electrons. The van der Waals surface area contributed by atoms with E-state index in [1.165, 1.54) is 12.8 Å². The summed E-state index contributed by atoms with van der Waals surface area (Å²) in [7, 11) is 1.75. The number of carbonyl (C=O) groups is 1. The predicted octanol–water partition coefficient (Wildman–Crippen LogP) is 3.70. The van der Waals surface area contributed by atoms with Crippen LogP contribution in [0.25, 0.3) is 10.4 Å². The predicted molar refractivity (Wildman–Crippen MR) is 113 cm³/mol. The Morgan fingerprint density at radius 2 is 1.93 bits per heavy atom. The van der Waals surface area contributed by atoms with Crippen LogP contribution in [0.15, 0.2) is 46.3 Å². The summed E-state index contributed by atoms with van der Waals surface area (Å²) >= 11 is 0. The molecule has 0 saturated heterocycles. The van der Waals surface area contributed by atoms with E-state index in [4.69, 9.17) is 5.53 Å². The van der Waals surface area contributed by atoms with E-state index in [0.717, 1.165) is 42.5 Å². The number of carbonyl (C=O) groups excluding carboxylic acids is 1. The van der Waals surface area contributed by atoms with Crippen LogP contribution in [0.5, 0.6) is 0 Å². The van der Waals surface area contributed by atoms with Crippen molar-refractivity contribution in [2.24, 2.45) is 12.2 Å². The molecule has 0 unspecified atom stereocenters. The van der Waals surface area contributed by atoms with Crippen molar-refractivity contribution >= 4 is 5.91 Å². The van der Waals surface area contributed by atoms with Gasteiger partial charge < -0.3 is 9.88 Å². The molecule has 2 aromatic rings. The smallest absolute Gasteiger partial charge is 0.263 e. The molecule has 0 saturated carbocycles. The van der Waals surface area contributed by atoms with E-state index >= 15 is 0 Å². The second-order valence-electron chi connectivity index (χ2n) is 7.58. The number of aromatic nitrogens is 1. The molecular weight excluding hydrogens is 366 g/mol. The fraction of sp³-hybridized carbons (Fsp3) is 0.455. The van der Waals surface area contributed by atoms with Crippen LogP contribution in [0, 0.1) is 0 Å². The summed E-state index contributed by atoms with van der Waals surface area (Å²) in [5.41, 5.74) is 11.7. The number of azide groups is 1. The van der Waals surface area contributed by atoms with E-state index in [1.807, 2.05) is 30.3 Å². The highest BCUT2D eigenvalue weighted by Gasteiger charge is 2.21. The van der Waals surface area contributed by atoms with Crippen LogP contribution in [-0.2, 0) is 26.3 Å². The molecule has 0 aliphatic heterocycles. The molecule has 1 aromatic heterocycles. The summed E-state index contributed by atoms with van der Waals surface area (Å²) in [5, 5.41) is 6.53. The number of aryl methyl sites for hydroxylation is 1. The van der Waals surface area contributed by atoms with Crippen molar-refractivity contribution < 1.29 is 4.79 Å². The van der Waals surface area contributed by atoms with Crippen molar-refractivity contribution in [1.29, 1.82) is 0 Å². The van der Waals surface area contributed by atoms with Crippen molar-refractivity contribution in [3.8, 4) is 0 Å². The molecule has 1 amide bonds. The Balaban J connectivity index is 1.85. The van der Waals surface area contributed by atoms with Crippen LogP contribution in [0.3, 0.4) is 0 Å². The van der Waals surface area contributed by atoms with Gasteiger partial charge in [-0.15, -0.1) is 0 Å². The Morgan fingerprint density at radius 3 is 2.66 bits per heavy atom. The third-order valence-corrected chi connectivity index (χ3v) is 5.51. The molecule has 1 aromatic carbocycles. The number of nitrogens with one attached hydrogen (secondary N) is 1. The van der Waals surface area contributed by atoms with Gasteiger partial charge in [0, 0.05) is 30.2 Å². The molecule has 1 heterocycles. The van der Waals surface area contributed by atoms with E-state index in [1.54, 1.807) is 17.7 Å². The number of pyridine rings is 1. The first-order valence-electron chi connectivity index (χ1n) is 10.2. The maximum absolute atomic E-state index is 13.0. The van der Waals surface area contributed by atoms with Gasteiger partial charge in [0.25, 0.3) is 11.5 Å². The fourth-order valence-corrected chi connectivity index (χ4v) is 3.96. The summed E-state index contributed by atoms with van der Waals surface area (Å²) in [5.74, 6) is -0.412. The Labute approximate surface area is 170 Å². The average Bonchev–Trinajstić information content (AvgIpc) is 2.70. The molecule has 1 aliphatic carbocycles.